The maximum Gasteiger partial charge on any atom is 0.320 e. The molecule has 0 radical (unpaired) electrons. The maximum absolute atomic E-state index is 11.4. The van der Waals surface area contributed by atoms with E-state index in [1.807, 2.05) is 11.8 Å². The summed E-state index contributed by atoms with van der Waals surface area (Å²) in [6, 6.07) is 0.0919. The highest BCUT2D eigenvalue weighted by molar-refractivity contribution is 5.74. The van der Waals surface area contributed by atoms with E-state index in [0.29, 0.717) is 26.0 Å². The van der Waals surface area contributed by atoms with Crippen molar-refractivity contribution in [1.29, 1.82) is 0 Å². The molecule has 0 spiro atoms. The number of ether oxygens (including phenoxy) is 1. The van der Waals surface area contributed by atoms with Gasteiger partial charge in [0.25, 0.3) is 0 Å². The second-order valence-electron chi connectivity index (χ2n) is 4.94. The van der Waals surface area contributed by atoms with Crippen LogP contribution in [0.25, 0.3) is 0 Å². The second-order valence-corrected chi connectivity index (χ2v) is 4.94. The zero-order chi connectivity index (χ0) is 13.1. The zero-order valence-electron chi connectivity index (χ0n) is 10.7. The molecule has 1 heterocycles. The standard InChI is InChI=1S/C12H21NO4/c1-4-17-10(14)8-13-6-5-12(3,11(15)16)7-9(13)2/h9H,4-8H2,1-3H3,(H,15,16). The maximum atomic E-state index is 11.4. The quantitative estimate of drug-likeness (QED) is 0.750. The van der Waals surface area contributed by atoms with Gasteiger partial charge >= 0.3 is 11.9 Å². The molecule has 0 bridgehead atoms. The molecule has 2 atom stereocenters. The highest BCUT2D eigenvalue weighted by Gasteiger charge is 2.40. The molecule has 5 nitrogen and oxygen atoms in total. The van der Waals surface area contributed by atoms with Gasteiger partial charge in [-0.25, -0.2) is 0 Å². The van der Waals surface area contributed by atoms with Crippen molar-refractivity contribution in [3.8, 4) is 0 Å². The predicted molar refractivity (Wildman–Crippen MR) is 62.6 cm³/mol. The van der Waals surface area contributed by atoms with Gasteiger partial charge in [-0.05, 0) is 33.6 Å². The number of hydrogen-bond acceptors (Lipinski definition) is 4. The highest BCUT2D eigenvalue weighted by atomic mass is 16.5. The number of esters is 1. The van der Waals surface area contributed by atoms with Crippen molar-refractivity contribution in [2.45, 2.75) is 39.7 Å². The summed E-state index contributed by atoms with van der Waals surface area (Å²) in [7, 11) is 0. The average Bonchev–Trinajstić information content (AvgIpc) is 2.22. The fraction of sp³-hybridized carbons (Fsp3) is 0.833. The first kappa shape index (κ1) is 14.0. The van der Waals surface area contributed by atoms with Crippen molar-refractivity contribution in [1.82, 2.24) is 4.90 Å². The fourth-order valence-corrected chi connectivity index (χ4v) is 2.30. The van der Waals surface area contributed by atoms with E-state index in [1.54, 1.807) is 13.8 Å². The summed E-state index contributed by atoms with van der Waals surface area (Å²) in [5.41, 5.74) is -0.662. The molecular formula is C12H21NO4. The number of carboxylic acid groups (broad SMARTS) is 1. The Labute approximate surface area is 102 Å². The van der Waals surface area contributed by atoms with E-state index >= 15 is 0 Å². The van der Waals surface area contributed by atoms with E-state index in [4.69, 9.17) is 9.84 Å². The van der Waals surface area contributed by atoms with Crippen molar-refractivity contribution in [2.75, 3.05) is 19.7 Å². The topological polar surface area (TPSA) is 66.8 Å². The van der Waals surface area contributed by atoms with Crippen LogP contribution in [0.5, 0.6) is 0 Å². The summed E-state index contributed by atoms with van der Waals surface area (Å²) in [5, 5.41) is 9.16. The number of nitrogens with zero attached hydrogens (tertiary/aromatic N) is 1. The number of likely N-dealkylation sites (tertiary alicyclic amines) is 1. The Hall–Kier alpha value is -1.10. The van der Waals surface area contributed by atoms with Gasteiger partial charge in [-0.15, -0.1) is 0 Å². The molecule has 1 aliphatic heterocycles. The van der Waals surface area contributed by atoms with Gasteiger partial charge in [0.15, 0.2) is 0 Å². The molecular weight excluding hydrogens is 222 g/mol. The molecule has 0 aromatic rings. The van der Waals surface area contributed by atoms with Gasteiger partial charge in [-0.3, -0.25) is 14.5 Å². The van der Waals surface area contributed by atoms with Crippen molar-refractivity contribution in [2.24, 2.45) is 5.41 Å². The Morgan fingerprint density at radius 1 is 1.53 bits per heavy atom. The van der Waals surface area contributed by atoms with Crippen LogP contribution in [-0.4, -0.2) is 47.7 Å². The smallest absolute Gasteiger partial charge is 0.320 e. The summed E-state index contributed by atoms with van der Waals surface area (Å²) in [4.78, 5) is 24.5. The largest absolute Gasteiger partial charge is 0.481 e. The first-order chi connectivity index (χ1) is 7.89. The number of rotatable bonds is 4. The van der Waals surface area contributed by atoms with E-state index in [1.165, 1.54) is 0 Å². The third-order valence-corrected chi connectivity index (χ3v) is 3.47. The van der Waals surface area contributed by atoms with E-state index in [2.05, 4.69) is 0 Å². The van der Waals surface area contributed by atoms with Crippen molar-refractivity contribution < 1.29 is 19.4 Å². The molecule has 0 amide bonds. The van der Waals surface area contributed by atoms with Crippen LogP contribution in [0.3, 0.4) is 0 Å². The van der Waals surface area contributed by atoms with Crippen molar-refractivity contribution in [3.05, 3.63) is 0 Å². The van der Waals surface area contributed by atoms with Crippen LogP contribution < -0.4 is 0 Å². The predicted octanol–water partition coefficient (Wildman–Crippen LogP) is 1.12. The molecule has 0 saturated carbocycles. The third-order valence-electron chi connectivity index (χ3n) is 3.47. The molecule has 1 N–H and O–H groups in total. The Bertz CT molecular complexity index is 305. The fourth-order valence-electron chi connectivity index (χ4n) is 2.30. The van der Waals surface area contributed by atoms with Gasteiger partial charge in [0, 0.05) is 12.6 Å². The molecule has 2 unspecified atom stereocenters. The van der Waals surface area contributed by atoms with Crippen LogP contribution in [0.15, 0.2) is 0 Å². The number of hydrogen-bond donors (Lipinski definition) is 1. The summed E-state index contributed by atoms with van der Waals surface area (Å²) < 4.78 is 4.90. The molecule has 0 aliphatic carbocycles. The molecule has 17 heavy (non-hydrogen) atoms. The van der Waals surface area contributed by atoms with Gasteiger partial charge in [0.05, 0.1) is 18.6 Å². The molecule has 1 aliphatic rings. The lowest BCUT2D eigenvalue weighted by atomic mass is 9.77. The number of carbonyl (C=O) groups is 2. The van der Waals surface area contributed by atoms with Crippen LogP contribution in [-0.2, 0) is 14.3 Å². The summed E-state index contributed by atoms with van der Waals surface area (Å²) in [6.07, 6.45) is 1.15. The third kappa shape index (κ3) is 3.43. The van der Waals surface area contributed by atoms with E-state index in [9.17, 15) is 9.59 Å². The van der Waals surface area contributed by atoms with E-state index in [-0.39, 0.29) is 18.6 Å². The van der Waals surface area contributed by atoms with E-state index in [0.717, 1.165) is 0 Å². The SMILES string of the molecule is CCOC(=O)CN1CCC(C)(C(=O)O)CC1C. The van der Waals surface area contributed by atoms with E-state index < -0.39 is 11.4 Å². The zero-order valence-corrected chi connectivity index (χ0v) is 10.7. The Morgan fingerprint density at radius 2 is 2.18 bits per heavy atom. The van der Waals surface area contributed by atoms with Crippen molar-refractivity contribution >= 4 is 11.9 Å². The second kappa shape index (κ2) is 5.49. The van der Waals surface area contributed by atoms with Gasteiger partial charge in [0.1, 0.15) is 0 Å². The highest BCUT2D eigenvalue weighted by Crippen LogP contribution is 2.34. The van der Waals surface area contributed by atoms with Gasteiger partial charge < -0.3 is 9.84 Å². The summed E-state index contributed by atoms with van der Waals surface area (Å²) in [6.45, 7) is 6.77. The lowest BCUT2D eigenvalue weighted by Gasteiger charge is -2.40. The van der Waals surface area contributed by atoms with Crippen LogP contribution in [0.4, 0.5) is 0 Å². The molecule has 0 aromatic carbocycles. The lowest BCUT2D eigenvalue weighted by molar-refractivity contribution is -0.153. The van der Waals surface area contributed by atoms with Crippen molar-refractivity contribution in [3.63, 3.8) is 0 Å². The van der Waals surface area contributed by atoms with Gasteiger partial charge in [-0.2, -0.15) is 0 Å². The first-order valence-electron chi connectivity index (χ1n) is 6.02. The van der Waals surface area contributed by atoms with Gasteiger partial charge in [-0.1, -0.05) is 0 Å². The molecule has 1 fully saturated rings. The Kier molecular flexibility index (Phi) is 4.51. The van der Waals surface area contributed by atoms with Crippen LogP contribution in [0.2, 0.25) is 0 Å². The number of carboxylic acids is 1. The molecule has 1 rings (SSSR count). The van der Waals surface area contributed by atoms with Crippen LogP contribution in [0, 0.1) is 5.41 Å². The first-order valence-corrected chi connectivity index (χ1v) is 6.02. The molecule has 1 saturated heterocycles. The average molecular weight is 243 g/mol. The minimum Gasteiger partial charge on any atom is -0.481 e. The number of aliphatic carboxylic acids is 1. The van der Waals surface area contributed by atoms with Crippen LogP contribution >= 0.6 is 0 Å². The van der Waals surface area contributed by atoms with Gasteiger partial charge in [0.2, 0.25) is 0 Å². The molecule has 98 valence electrons. The molecule has 0 aromatic heterocycles. The molecule has 5 heteroatoms. The minimum absolute atomic E-state index is 0.0919. The normalized spacial score (nSPS) is 29.9. The minimum atomic E-state index is -0.750. The summed E-state index contributed by atoms with van der Waals surface area (Å²) in [5.74, 6) is -0.988. The number of carbonyl (C=O) groups excluding carboxylic acids is 1. The summed E-state index contributed by atoms with van der Waals surface area (Å²) >= 11 is 0. The van der Waals surface area contributed by atoms with Crippen LogP contribution in [0.1, 0.15) is 33.6 Å². The number of piperidine rings is 1. The Morgan fingerprint density at radius 3 is 2.65 bits per heavy atom. The lowest BCUT2D eigenvalue weighted by Crippen LogP contribution is -2.49. The Balaban J connectivity index is 2.54. The monoisotopic (exact) mass is 243 g/mol.